The zero-order valence-corrected chi connectivity index (χ0v) is 12.2. The highest BCUT2D eigenvalue weighted by Gasteiger charge is 2.20. The van der Waals surface area contributed by atoms with Crippen molar-refractivity contribution < 1.29 is 4.79 Å². The minimum atomic E-state index is -0.0969. The van der Waals surface area contributed by atoms with Crippen LogP contribution in [0.4, 0.5) is 0 Å². The van der Waals surface area contributed by atoms with E-state index in [0.717, 1.165) is 6.54 Å². The molecule has 0 saturated heterocycles. The zero-order valence-electron chi connectivity index (χ0n) is 12.2. The summed E-state index contributed by atoms with van der Waals surface area (Å²) in [4.78, 5) is 11.5. The second-order valence-electron chi connectivity index (χ2n) is 5.62. The van der Waals surface area contributed by atoms with Crippen LogP contribution in [0.3, 0.4) is 0 Å². The van der Waals surface area contributed by atoms with E-state index in [1.165, 1.54) is 25.7 Å². The normalized spacial score (nSPS) is 13.5. The number of carbonyl (C=O) groups excluding carboxylic acids is 1. The Hall–Kier alpha value is -0.570. The molecule has 0 heterocycles. The molecule has 0 aromatic heterocycles. The summed E-state index contributed by atoms with van der Waals surface area (Å²) in [6.45, 7) is 12.2. The minimum absolute atomic E-state index is 0.0943. The molecule has 1 amide bonds. The predicted molar refractivity (Wildman–Crippen MR) is 74.1 cm³/mol. The lowest BCUT2D eigenvalue weighted by Gasteiger charge is -2.27. The fraction of sp³-hybridized carbons (Fsp3) is 0.929. The molecule has 2 N–H and O–H groups in total. The molecule has 0 aromatic rings. The van der Waals surface area contributed by atoms with E-state index >= 15 is 0 Å². The Morgan fingerprint density at radius 2 is 1.88 bits per heavy atom. The quantitative estimate of drug-likeness (QED) is 0.610. The number of hydrogen-bond acceptors (Lipinski definition) is 2. The van der Waals surface area contributed by atoms with Gasteiger partial charge in [-0.2, -0.15) is 0 Å². The molecule has 0 rings (SSSR count). The molecule has 17 heavy (non-hydrogen) atoms. The number of amides is 1. The van der Waals surface area contributed by atoms with Crippen LogP contribution < -0.4 is 10.6 Å². The van der Waals surface area contributed by atoms with Crippen LogP contribution in [0.5, 0.6) is 0 Å². The van der Waals surface area contributed by atoms with Gasteiger partial charge in [-0.25, -0.2) is 0 Å². The molecule has 3 nitrogen and oxygen atoms in total. The topological polar surface area (TPSA) is 41.1 Å². The van der Waals surface area contributed by atoms with Crippen LogP contribution >= 0.6 is 0 Å². The Kier molecular flexibility index (Phi) is 8.23. The fourth-order valence-electron chi connectivity index (χ4n) is 1.79. The highest BCUT2D eigenvalue weighted by atomic mass is 16.2. The summed E-state index contributed by atoms with van der Waals surface area (Å²) >= 11 is 0. The Morgan fingerprint density at radius 1 is 1.24 bits per heavy atom. The van der Waals surface area contributed by atoms with Crippen LogP contribution in [0.1, 0.15) is 60.3 Å². The standard InChI is InChI=1S/C14H30N2O/c1-6-8-9-10-14(4,5)11-16-12(3)13(17)15-7-2/h12,16H,6-11H2,1-5H3,(H,15,17). The molecule has 0 saturated carbocycles. The minimum Gasteiger partial charge on any atom is -0.355 e. The van der Waals surface area contributed by atoms with Crippen molar-refractivity contribution in [2.24, 2.45) is 5.41 Å². The maximum Gasteiger partial charge on any atom is 0.236 e. The first-order chi connectivity index (χ1) is 7.93. The molecule has 0 aliphatic carbocycles. The van der Waals surface area contributed by atoms with Gasteiger partial charge in [0.05, 0.1) is 6.04 Å². The van der Waals surface area contributed by atoms with Crippen molar-refractivity contribution in [3.8, 4) is 0 Å². The summed E-state index contributed by atoms with van der Waals surface area (Å²) < 4.78 is 0. The zero-order chi connectivity index (χ0) is 13.3. The SMILES string of the molecule is CCCCCC(C)(C)CNC(C)C(=O)NCC. The van der Waals surface area contributed by atoms with E-state index in [4.69, 9.17) is 0 Å². The van der Waals surface area contributed by atoms with E-state index in [2.05, 4.69) is 31.4 Å². The number of likely N-dealkylation sites (N-methyl/N-ethyl adjacent to an activating group) is 1. The van der Waals surface area contributed by atoms with Crippen LogP contribution in [0.25, 0.3) is 0 Å². The van der Waals surface area contributed by atoms with Crippen LogP contribution in [0, 0.1) is 5.41 Å². The van der Waals surface area contributed by atoms with Crippen molar-refractivity contribution in [2.75, 3.05) is 13.1 Å². The van der Waals surface area contributed by atoms with Crippen LogP contribution in [-0.2, 0) is 4.79 Å². The number of hydrogen-bond donors (Lipinski definition) is 2. The summed E-state index contributed by atoms with van der Waals surface area (Å²) in [5.41, 5.74) is 0.274. The smallest absolute Gasteiger partial charge is 0.236 e. The van der Waals surface area contributed by atoms with Crippen LogP contribution in [0.2, 0.25) is 0 Å². The molecular formula is C14H30N2O. The lowest BCUT2D eigenvalue weighted by molar-refractivity contribution is -0.122. The fourth-order valence-corrected chi connectivity index (χ4v) is 1.79. The van der Waals surface area contributed by atoms with Crippen molar-refractivity contribution in [1.82, 2.24) is 10.6 Å². The van der Waals surface area contributed by atoms with Gasteiger partial charge in [0, 0.05) is 13.1 Å². The second-order valence-corrected chi connectivity index (χ2v) is 5.62. The largest absolute Gasteiger partial charge is 0.355 e. The Bertz CT molecular complexity index is 214. The lowest BCUT2D eigenvalue weighted by Crippen LogP contribution is -2.45. The highest BCUT2D eigenvalue weighted by molar-refractivity contribution is 5.81. The van der Waals surface area contributed by atoms with Gasteiger partial charge in [0.1, 0.15) is 0 Å². The van der Waals surface area contributed by atoms with E-state index in [1.54, 1.807) is 0 Å². The van der Waals surface area contributed by atoms with Gasteiger partial charge in [-0.05, 0) is 25.7 Å². The van der Waals surface area contributed by atoms with Crippen LogP contribution in [-0.4, -0.2) is 25.0 Å². The molecule has 1 atom stereocenters. The van der Waals surface area contributed by atoms with Gasteiger partial charge < -0.3 is 10.6 Å². The van der Waals surface area contributed by atoms with Crippen LogP contribution in [0.15, 0.2) is 0 Å². The third-order valence-electron chi connectivity index (χ3n) is 3.09. The number of carbonyl (C=O) groups is 1. The second kappa shape index (κ2) is 8.51. The van der Waals surface area contributed by atoms with Gasteiger partial charge in [0.15, 0.2) is 0 Å². The first-order valence-electron chi connectivity index (χ1n) is 6.94. The van der Waals surface area contributed by atoms with Crippen molar-refractivity contribution >= 4 is 5.91 Å². The van der Waals surface area contributed by atoms with E-state index in [9.17, 15) is 4.79 Å². The van der Waals surface area contributed by atoms with Crippen molar-refractivity contribution in [3.05, 3.63) is 0 Å². The number of unbranched alkanes of at least 4 members (excludes halogenated alkanes) is 2. The molecular weight excluding hydrogens is 212 g/mol. The van der Waals surface area contributed by atoms with Gasteiger partial charge in [0.25, 0.3) is 0 Å². The average molecular weight is 242 g/mol. The molecule has 102 valence electrons. The molecule has 0 radical (unpaired) electrons. The summed E-state index contributed by atoms with van der Waals surface area (Å²) in [7, 11) is 0. The van der Waals surface area contributed by atoms with Gasteiger partial charge in [-0.3, -0.25) is 4.79 Å². The van der Waals surface area contributed by atoms with E-state index in [-0.39, 0.29) is 17.4 Å². The lowest BCUT2D eigenvalue weighted by atomic mass is 9.86. The number of nitrogens with one attached hydrogen (secondary N) is 2. The van der Waals surface area contributed by atoms with Crippen molar-refractivity contribution in [2.45, 2.75) is 66.3 Å². The third kappa shape index (κ3) is 8.19. The maximum atomic E-state index is 11.5. The molecule has 0 aliphatic rings. The van der Waals surface area contributed by atoms with E-state index < -0.39 is 0 Å². The molecule has 0 aromatic carbocycles. The highest BCUT2D eigenvalue weighted by Crippen LogP contribution is 2.22. The Labute approximate surface area is 107 Å². The monoisotopic (exact) mass is 242 g/mol. The molecule has 0 bridgehead atoms. The molecule has 0 fully saturated rings. The first-order valence-corrected chi connectivity index (χ1v) is 6.94. The van der Waals surface area contributed by atoms with Crippen molar-refractivity contribution in [1.29, 1.82) is 0 Å². The maximum absolute atomic E-state index is 11.5. The van der Waals surface area contributed by atoms with Gasteiger partial charge >= 0.3 is 0 Å². The predicted octanol–water partition coefficient (Wildman–Crippen LogP) is 2.71. The van der Waals surface area contributed by atoms with Crippen molar-refractivity contribution in [3.63, 3.8) is 0 Å². The first kappa shape index (κ1) is 16.4. The Morgan fingerprint density at radius 3 is 2.41 bits per heavy atom. The molecule has 0 aliphatic heterocycles. The summed E-state index contributed by atoms with van der Waals surface area (Å²) in [5.74, 6) is 0.0943. The number of rotatable bonds is 9. The summed E-state index contributed by atoms with van der Waals surface area (Å²) in [5, 5.41) is 6.15. The molecule has 0 spiro atoms. The third-order valence-corrected chi connectivity index (χ3v) is 3.09. The molecule has 1 unspecified atom stereocenters. The summed E-state index contributed by atoms with van der Waals surface area (Å²) in [6, 6.07) is -0.0969. The average Bonchev–Trinajstić information content (AvgIpc) is 2.26. The van der Waals surface area contributed by atoms with Gasteiger partial charge in [-0.15, -0.1) is 0 Å². The van der Waals surface area contributed by atoms with E-state index in [1.807, 2.05) is 13.8 Å². The van der Waals surface area contributed by atoms with Gasteiger partial charge in [-0.1, -0.05) is 40.0 Å². The van der Waals surface area contributed by atoms with E-state index in [0.29, 0.717) is 6.54 Å². The van der Waals surface area contributed by atoms with Gasteiger partial charge in [0.2, 0.25) is 5.91 Å². The summed E-state index contributed by atoms with van der Waals surface area (Å²) in [6.07, 6.45) is 5.06. The Balaban J connectivity index is 3.87. The molecule has 3 heteroatoms.